The highest BCUT2D eigenvalue weighted by Gasteiger charge is 2.09. The van der Waals surface area contributed by atoms with E-state index in [9.17, 15) is 0 Å². The lowest BCUT2D eigenvalue weighted by molar-refractivity contribution is 0.0170. The van der Waals surface area contributed by atoms with Gasteiger partial charge in [-0.1, -0.05) is 0 Å². The van der Waals surface area contributed by atoms with E-state index in [1.807, 2.05) is 0 Å². The van der Waals surface area contributed by atoms with Crippen molar-refractivity contribution in [1.82, 2.24) is 5.06 Å². The van der Waals surface area contributed by atoms with Gasteiger partial charge in [0, 0.05) is 0 Å². The molecule has 5 heteroatoms. The fourth-order valence-corrected chi connectivity index (χ4v) is 0.518. The lowest BCUT2D eigenvalue weighted by Gasteiger charge is -2.17. The van der Waals surface area contributed by atoms with Gasteiger partial charge in [-0.3, -0.25) is 5.21 Å². The first kappa shape index (κ1) is 5.90. The molecule has 0 atom stereocenters. The lowest BCUT2D eigenvalue weighted by atomic mass is 10.5. The van der Waals surface area contributed by atoms with Crippen LogP contribution < -0.4 is 11.5 Å². The molecule has 0 aromatic rings. The summed E-state index contributed by atoms with van der Waals surface area (Å²) in [6.07, 6.45) is 1.57. The molecule has 0 aliphatic carbocycles. The van der Waals surface area contributed by atoms with Gasteiger partial charge in [0.2, 0.25) is 5.96 Å². The van der Waals surface area contributed by atoms with E-state index in [0.717, 1.165) is 0 Å². The normalized spacial score (nSPS) is 19.0. The molecule has 0 aromatic carbocycles. The van der Waals surface area contributed by atoms with Gasteiger partial charge in [0.05, 0.1) is 6.54 Å². The van der Waals surface area contributed by atoms with Gasteiger partial charge in [0.15, 0.2) is 0 Å². The van der Waals surface area contributed by atoms with Gasteiger partial charge in [-0.25, -0.2) is 4.99 Å². The molecule has 5 nitrogen and oxygen atoms in total. The smallest absolute Gasteiger partial charge is 0.222 e. The maximum absolute atomic E-state index is 8.83. The number of guanidine groups is 1. The molecule has 1 rings (SSSR count). The Hall–Kier alpha value is -1.23. The largest absolute Gasteiger partial charge is 0.383 e. The van der Waals surface area contributed by atoms with Gasteiger partial charge in [-0.05, 0) is 6.08 Å². The molecule has 0 saturated heterocycles. The molecule has 0 spiro atoms. The second-order valence-electron chi connectivity index (χ2n) is 1.64. The van der Waals surface area contributed by atoms with Crippen LogP contribution in [0.25, 0.3) is 0 Å². The zero-order chi connectivity index (χ0) is 6.85. The molecular formula is C4H8N4O. The Balaban J connectivity index is 2.74. The van der Waals surface area contributed by atoms with Gasteiger partial charge in [-0.15, -0.1) is 0 Å². The first-order chi connectivity index (χ1) is 4.22. The molecule has 0 aromatic heterocycles. The van der Waals surface area contributed by atoms with Crippen LogP contribution in [0.3, 0.4) is 0 Å². The molecule has 5 N–H and O–H groups in total. The number of hydrogen-bond acceptors (Lipinski definition) is 5. The van der Waals surface area contributed by atoms with E-state index in [1.165, 1.54) is 0 Å². The van der Waals surface area contributed by atoms with E-state index < -0.39 is 0 Å². The van der Waals surface area contributed by atoms with Crippen LogP contribution >= 0.6 is 0 Å². The van der Waals surface area contributed by atoms with Gasteiger partial charge >= 0.3 is 0 Å². The summed E-state index contributed by atoms with van der Waals surface area (Å²) < 4.78 is 0. The minimum Gasteiger partial charge on any atom is -0.383 e. The molecular weight excluding hydrogens is 120 g/mol. The molecule has 0 saturated carbocycles. The van der Waals surface area contributed by atoms with E-state index in [0.29, 0.717) is 11.6 Å². The minimum absolute atomic E-state index is 0.0370. The summed E-state index contributed by atoms with van der Waals surface area (Å²) in [6, 6.07) is 0. The number of hydroxylamine groups is 2. The van der Waals surface area contributed by atoms with E-state index in [4.69, 9.17) is 16.7 Å². The van der Waals surface area contributed by atoms with Crippen molar-refractivity contribution in [3.8, 4) is 0 Å². The van der Waals surface area contributed by atoms with Crippen molar-refractivity contribution in [2.24, 2.45) is 16.5 Å². The summed E-state index contributed by atoms with van der Waals surface area (Å²) in [4.78, 5) is 3.68. The zero-order valence-electron chi connectivity index (χ0n) is 4.78. The summed E-state index contributed by atoms with van der Waals surface area (Å²) in [5.41, 5.74) is 10.4. The standard InChI is InChI=1S/C4H8N4O/c5-3-1-2-7-4(6)8(3)9/h1,9H,2,5H2,(H2,6,7). The van der Waals surface area contributed by atoms with Crippen LogP contribution in [0, 0.1) is 0 Å². The second kappa shape index (κ2) is 1.94. The summed E-state index contributed by atoms with van der Waals surface area (Å²) in [5, 5.41) is 9.47. The second-order valence-corrected chi connectivity index (χ2v) is 1.64. The van der Waals surface area contributed by atoms with E-state index >= 15 is 0 Å². The van der Waals surface area contributed by atoms with Crippen molar-refractivity contribution in [3.63, 3.8) is 0 Å². The van der Waals surface area contributed by atoms with E-state index in [2.05, 4.69) is 4.99 Å². The monoisotopic (exact) mass is 128 g/mol. The summed E-state index contributed by atoms with van der Waals surface area (Å²) in [6.45, 7) is 0.439. The third-order valence-corrected chi connectivity index (χ3v) is 1.02. The SMILES string of the molecule is NC1=CCN=C(N)N1O. The van der Waals surface area contributed by atoms with Crippen LogP contribution in [0.4, 0.5) is 0 Å². The van der Waals surface area contributed by atoms with Crippen molar-refractivity contribution in [2.45, 2.75) is 0 Å². The quantitative estimate of drug-likeness (QED) is 0.382. The molecule has 1 aliphatic rings. The fourth-order valence-electron chi connectivity index (χ4n) is 0.518. The van der Waals surface area contributed by atoms with Crippen molar-refractivity contribution in [1.29, 1.82) is 0 Å². The Morgan fingerprint density at radius 1 is 1.67 bits per heavy atom. The topological polar surface area (TPSA) is 87.9 Å². The average Bonchev–Trinajstić information content (AvgIpc) is 1.83. The zero-order valence-corrected chi connectivity index (χ0v) is 4.78. The Bertz CT molecular complexity index is 155. The Kier molecular flexibility index (Phi) is 1.27. The van der Waals surface area contributed by atoms with E-state index in [-0.39, 0.29) is 11.8 Å². The number of nitrogens with zero attached hydrogens (tertiary/aromatic N) is 2. The highest BCUT2D eigenvalue weighted by atomic mass is 16.5. The molecule has 1 heterocycles. The van der Waals surface area contributed by atoms with Gasteiger partial charge in [0.25, 0.3) is 0 Å². The first-order valence-corrected chi connectivity index (χ1v) is 2.46. The van der Waals surface area contributed by atoms with Crippen molar-refractivity contribution >= 4 is 5.96 Å². The highest BCUT2D eigenvalue weighted by Crippen LogP contribution is 1.97. The molecule has 0 fully saturated rings. The Morgan fingerprint density at radius 3 is 2.78 bits per heavy atom. The summed E-state index contributed by atoms with van der Waals surface area (Å²) >= 11 is 0. The maximum atomic E-state index is 8.83. The van der Waals surface area contributed by atoms with Gasteiger partial charge in [0.1, 0.15) is 5.82 Å². The summed E-state index contributed by atoms with van der Waals surface area (Å²) in [7, 11) is 0. The van der Waals surface area contributed by atoms with Gasteiger partial charge < -0.3 is 11.5 Å². The van der Waals surface area contributed by atoms with Crippen LogP contribution in [-0.2, 0) is 0 Å². The molecule has 0 bridgehead atoms. The number of rotatable bonds is 0. The van der Waals surface area contributed by atoms with Crippen LogP contribution in [0.1, 0.15) is 0 Å². The molecule has 1 aliphatic heterocycles. The van der Waals surface area contributed by atoms with Crippen molar-refractivity contribution in [3.05, 3.63) is 11.9 Å². The third-order valence-electron chi connectivity index (χ3n) is 1.02. The van der Waals surface area contributed by atoms with Crippen molar-refractivity contribution < 1.29 is 5.21 Å². The molecule has 0 unspecified atom stereocenters. The first-order valence-electron chi connectivity index (χ1n) is 2.46. The van der Waals surface area contributed by atoms with Gasteiger partial charge in [-0.2, -0.15) is 5.06 Å². The molecule has 9 heavy (non-hydrogen) atoms. The minimum atomic E-state index is 0.0370. The lowest BCUT2D eigenvalue weighted by Crippen LogP contribution is -2.39. The van der Waals surface area contributed by atoms with Crippen LogP contribution in [0.5, 0.6) is 0 Å². The molecule has 50 valence electrons. The van der Waals surface area contributed by atoms with Crippen LogP contribution in [0.15, 0.2) is 16.9 Å². The van der Waals surface area contributed by atoms with Crippen LogP contribution in [0.2, 0.25) is 0 Å². The number of nitrogens with two attached hydrogens (primary N) is 2. The average molecular weight is 128 g/mol. The predicted octanol–water partition coefficient (Wildman–Crippen LogP) is -1.19. The van der Waals surface area contributed by atoms with Crippen LogP contribution in [-0.4, -0.2) is 22.8 Å². The molecule has 0 amide bonds. The fraction of sp³-hybridized carbons (Fsp3) is 0.250. The Labute approximate surface area is 52.2 Å². The Morgan fingerprint density at radius 2 is 2.33 bits per heavy atom. The molecule has 0 radical (unpaired) electrons. The maximum Gasteiger partial charge on any atom is 0.222 e. The van der Waals surface area contributed by atoms with Crippen molar-refractivity contribution in [2.75, 3.05) is 6.54 Å². The number of aliphatic imine (C=N–C) groups is 1. The summed E-state index contributed by atoms with van der Waals surface area (Å²) in [5.74, 6) is 0.262. The third kappa shape index (κ3) is 0.945. The number of hydrogen-bond donors (Lipinski definition) is 3. The highest BCUT2D eigenvalue weighted by molar-refractivity contribution is 5.79. The van der Waals surface area contributed by atoms with E-state index in [1.54, 1.807) is 6.08 Å². The predicted molar refractivity (Wildman–Crippen MR) is 32.4 cm³/mol.